The first kappa shape index (κ1) is 20.4. The average molecular weight is 299 g/mol. The zero-order valence-corrected chi connectivity index (χ0v) is 14.4. The Morgan fingerprint density at radius 1 is 0.762 bits per heavy atom. The molecule has 0 saturated carbocycles. The molecule has 21 heavy (non-hydrogen) atoms. The van der Waals surface area contributed by atoms with E-state index in [9.17, 15) is 10.0 Å². The topological polar surface area (TPSA) is 43.5 Å². The third-order valence-electron chi connectivity index (χ3n) is 3.74. The highest BCUT2D eigenvalue weighted by Crippen LogP contribution is 2.11. The summed E-state index contributed by atoms with van der Waals surface area (Å²) < 4.78 is 0. The molecule has 0 atom stereocenters. The molecule has 0 rings (SSSR count). The summed E-state index contributed by atoms with van der Waals surface area (Å²) in [6.45, 7) is 3.41. The van der Waals surface area contributed by atoms with Gasteiger partial charge in [0.15, 0.2) is 0 Å². The highest BCUT2D eigenvalue weighted by molar-refractivity contribution is 5.74. The monoisotopic (exact) mass is 299 g/mol. The van der Waals surface area contributed by atoms with Crippen LogP contribution >= 0.6 is 0 Å². The van der Waals surface area contributed by atoms with E-state index >= 15 is 0 Å². The largest absolute Gasteiger partial charge is 0.309 e. The molecule has 0 aromatic carbocycles. The predicted molar refractivity (Wildman–Crippen MR) is 87.4 cm³/mol. The van der Waals surface area contributed by atoms with Gasteiger partial charge < -0.3 is 4.90 Å². The van der Waals surface area contributed by atoms with Crippen LogP contribution in [-0.4, -0.2) is 43.1 Å². The van der Waals surface area contributed by atoms with E-state index in [2.05, 4.69) is 6.92 Å². The van der Waals surface area contributed by atoms with Crippen molar-refractivity contribution in [3.05, 3.63) is 0 Å². The van der Waals surface area contributed by atoms with Gasteiger partial charge in [0.2, 0.25) is 5.91 Å². The van der Waals surface area contributed by atoms with E-state index in [0.29, 0.717) is 18.0 Å². The first-order valence-electron chi connectivity index (χ1n) is 8.70. The Kier molecular flexibility index (Phi) is 13.9. The van der Waals surface area contributed by atoms with Crippen LogP contribution in [0.2, 0.25) is 0 Å². The summed E-state index contributed by atoms with van der Waals surface area (Å²) in [5, 5.41) is 12.2. The van der Waals surface area contributed by atoms with Gasteiger partial charge in [-0.2, -0.15) is 5.06 Å². The zero-order valence-electron chi connectivity index (χ0n) is 14.4. The fraction of sp³-hybridized carbons (Fsp3) is 0.941. The molecule has 1 amide bonds. The molecule has 0 unspecified atom stereocenters. The van der Waals surface area contributed by atoms with Gasteiger partial charge in [-0.05, 0) is 33.5 Å². The molecule has 0 N–H and O–H groups in total. The maximum atomic E-state index is 11.6. The van der Waals surface area contributed by atoms with Crippen molar-refractivity contribution < 1.29 is 10.0 Å². The van der Waals surface area contributed by atoms with Crippen LogP contribution in [0.25, 0.3) is 0 Å². The summed E-state index contributed by atoms with van der Waals surface area (Å²) in [6.07, 6.45) is 12.2. The summed E-state index contributed by atoms with van der Waals surface area (Å²) in [5.41, 5.74) is 0. The highest BCUT2D eigenvalue weighted by atomic mass is 16.5. The Hall–Kier alpha value is -0.610. The van der Waals surface area contributed by atoms with Gasteiger partial charge in [-0.1, -0.05) is 63.5 Å². The molecule has 0 bridgehead atoms. The number of hydrogen-bond acceptors (Lipinski definition) is 2. The smallest absolute Gasteiger partial charge is 0.248 e. The van der Waals surface area contributed by atoms with Gasteiger partial charge in [0.05, 0.1) is 6.54 Å². The van der Waals surface area contributed by atoms with Gasteiger partial charge in [-0.25, -0.2) is 0 Å². The van der Waals surface area contributed by atoms with Gasteiger partial charge in [-0.15, -0.1) is 0 Å². The molecule has 0 heterocycles. The molecule has 125 valence electrons. The van der Waals surface area contributed by atoms with Crippen LogP contribution < -0.4 is 0 Å². The molecular weight excluding hydrogens is 264 g/mol. The van der Waals surface area contributed by atoms with Crippen molar-refractivity contribution in [2.45, 2.75) is 77.6 Å². The molecule has 0 spiro atoms. The van der Waals surface area contributed by atoms with Crippen LogP contribution in [0.4, 0.5) is 0 Å². The van der Waals surface area contributed by atoms with Crippen molar-refractivity contribution >= 4 is 5.91 Å². The standard InChI is InChI=1S/C17H35N2O2/c1-4-5-6-7-8-9-10-11-12-14-17(20)19(21)16-13-15-18(2)3/h4-16H2,1-3H3. The summed E-state index contributed by atoms with van der Waals surface area (Å²) >= 11 is 0. The third-order valence-corrected chi connectivity index (χ3v) is 3.74. The third kappa shape index (κ3) is 14.1. The Balaban J connectivity index is 3.36. The van der Waals surface area contributed by atoms with Crippen LogP contribution in [0.15, 0.2) is 0 Å². The van der Waals surface area contributed by atoms with Crippen molar-refractivity contribution in [1.82, 2.24) is 9.96 Å². The minimum absolute atomic E-state index is 0.239. The summed E-state index contributed by atoms with van der Waals surface area (Å²) in [7, 11) is 3.94. The molecule has 0 aromatic heterocycles. The molecule has 0 fully saturated rings. The maximum absolute atomic E-state index is 11.6. The number of unbranched alkanes of at least 4 members (excludes halogenated alkanes) is 8. The van der Waals surface area contributed by atoms with Crippen molar-refractivity contribution in [3.63, 3.8) is 0 Å². The lowest BCUT2D eigenvalue weighted by Crippen LogP contribution is -2.28. The number of hydroxylamine groups is 2. The number of hydrogen-bond donors (Lipinski definition) is 0. The van der Waals surface area contributed by atoms with Crippen LogP contribution in [0, 0.1) is 0 Å². The lowest BCUT2D eigenvalue weighted by molar-refractivity contribution is -0.187. The molecule has 0 aliphatic heterocycles. The Morgan fingerprint density at radius 2 is 1.29 bits per heavy atom. The van der Waals surface area contributed by atoms with Gasteiger partial charge in [0.1, 0.15) is 0 Å². The SMILES string of the molecule is CCCCCCCCCCCC(=O)N([O])CCCN(C)C. The van der Waals surface area contributed by atoms with Gasteiger partial charge >= 0.3 is 0 Å². The van der Waals surface area contributed by atoms with Crippen molar-refractivity contribution in [2.24, 2.45) is 0 Å². The van der Waals surface area contributed by atoms with Gasteiger partial charge in [-0.3, -0.25) is 4.79 Å². The Morgan fingerprint density at radius 3 is 1.81 bits per heavy atom. The first-order valence-corrected chi connectivity index (χ1v) is 8.70. The molecule has 0 saturated heterocycles. The van der Waals surface area contributed by atoms with E-state index in [1.165, 1.54) is 44.9 Å². The normalized spacial score (nSPS) is 11.1. The van der Waals surface area contributed by atoms with Crippen LogP contribution in [0.5, 0.6) is 0 Å². The van der Waals surface area contributed by atoms with Crippen molar-refractivity contribution in [3.8, 4) is 0 Å². The predicted octanol–water partition coefficient (Wildman–Crippen LogP) is 4.03. The lowest BCUT2D eigenvalue weighted by atomic mass is 10.1. The Labute approximate surface area is 131 Å². The second-order valence-corrected chi connectivity index (χ2v) is 6.23. The van der Waals surface area contributed by atoms with Gasteiger partial charge in [0.25, 0.3) is 0 Å². The number of rotatable bonds is 14. The quantitative estimate of drug-likeness (QED) is 0.359. The average Bonchev–Trinajstić information content (AvgIpc) is 2.44. The first-order chi connectivity index (χ1) is 10.1. The lowest BCUT2D eigenvalue weighted by Gasteiger charge is -2.14. The van der Waals surface area contributed by atoms with Crippen LogP contribution in [0.3, 0.4) is 0 Å². The van der Waals surface area contributed by atoms with E-state index in [-0.39, 0.29) is 5.91 Å². The minimum Gasteiger partial charge on any atom is -0.309 e. The van der Waals surface area contributed by atoms with Crippen molar-refractivity contribution in [1.29, 1.82) is 0 Å². The van der Waals surface area contributed by atoms with E-state index in [0.717, 1.165) is 25.8 Å². The maximum Gasteiger partial charge on any atom is 0.248 e. The fourth-order valence-electron chi connectivity index (χ4n) is 2.37. The van der Waals surface area contributed by atoms with E-state index in [1.807, 2.05) is 19.0 Å². The summed E-state index contributed by atoms with van der Waals surface area (Å²) in [6, 6.07) is 0. The molecule has 1 radical (unpaired) electrons. The molecule has 4 nitrogen and oxygen atoms in total. The number of carbonyl (C=O) groups is 1. The zero-order chi connectivity index (χ0) is 15.9. The molecular formula is C17H35N2O2. The fourth-order valence-corrected chi connectivity index (χ4v) is 2.37. The number of carbonyl (C=O) groups excluding carboxylic acids is 1. The second kappa shape index (κ2) is 14.3. The highest BCUT2D eigenvalue weighted by Gasteiger charge is 2.11. The molecule has 0 aromatic rings. The van der Waals surface area contributed by atoms with Gasteiger partial charge in [0, 0.05) is 6.42 Å². The minimum atomic E-state index is -0.239. The number of amides is 1. The van der Waals surface area contributed by atoms with Crippen LogP contribution in [0.1, 0.15) is 77.6 Å². The molecule has 4 heteroatoms. The van der Waals surface area contributed by atoms with Crippen LogP contribution in [-0.2, 0) is 10.0 Å². The summed E-state index contributed by atoms with van der Waals surface area (Å²) in [4.78, 5) is 13.7. The van der Waals surface area contributed by atoms with E-state index < -0.39 is 0 Å². The molecule has 0 aliphatic rings. The summed E-state index contributed by atoms with van der Waals surface area (Å²) in [5.74, 6) is -0.239. The second-order valence-electron chi connectivity index (χ2n) is 6.23. The van der Waals surface area contributed by atoms with E-state index in [1.54, 1.807) is 0 Å². The van der Waals surface area contributed by atoms with E-state index in [4.69, 9.17) is 0 Å². The Bertz CT molecular complexity index is 245. The number of nitrogens with zero attached hydrogens (tertiary/aromatic N) is 2. The van der Waals surface area contributed by atoms with Crippen molar-refractivity contribution in [2.75, 3.05) is 27.2 Å². The molecule has 0 aliphatic carbocycles.